The molecule has 2 aromatic rings. The second kappa shape index (κ2) is 6.51. The zero-order chi connectivity index (χ0) is 16.3. The lowest BCUT2D eigenvalue weighted by atomic mass is 10.1. The van der Waals surface area contributed by atoms with E-state index in [4.69, 9.17) is 4.74 Å². The average molecular weight is 309 g/mol. The summed E-state index contributed by atoms with van der Waals surface area (Å²) in [6.45, 7) is 0.0799. The number of benzene rings is 2. The first-order chi connectivity index (χ1) is 10.4. The highest BCUT2D eigenvalue weighted by molar-refractivity contribution is 5.94. The Morgan fingerprint density at radius 1 is 1.09 bits per heavy atom. The molecule has 0 aliphatic rings. The van der Waals surface area contributed by atoms with Crippen LogP contribution < -0.4 is 4.74 Å². The molecule has 0 saturated carbocycles. The van der Waals surface area contributed by atoms with Crippen molar-refractivity contribution in [3.63, 3.8) is 0 Å². The van der Waals surface area contributed by atoms with Crippen LogP contribution in [-0.2, 0) is 6.54 Å². The molecule has 0 spiro atoms. The van der Waals surface area contributed by atoms with E-state index in [2.05, 4.69) is 0 Å². The van der Waals surface area contributed by atoms with Gasteiger partial charge in [0, 0.05) is 19.7 Å². The maximum atomic E-state index is 13.6. The van der Waals surface area contributed by atoms with E-state index in [1.54, 1.807) is 6.07 Å². The minimum Gasteiger partial charge on any atom is -0.494 e. The molecular weight excluding hydrogens is 295 g/mol. The van der Waals surface area contributed by atoms with E-state index < -0.39 is 23.4 Å². The largest absolute Gasteiger partial charge is 0.494 e. The molecule has 0 N–H and O–H groups in total. The van der Waals surface area contributed by atoms with Crippen LogP contribution in [0.4, 0.5) is 13.2 Å². The summed E-state index contributed by atoms with van der Waals surface area (Å²) in [6, 6.07) is 7.03. The zero-order valence-electron chi connectivity index (χ0n) is 12.1. The lowest BCUT2D eigenvalue weighted by molar-refractivity contribution is 0.0780. The number of hydrogen-bond donors (Lipinski definition) is 0. The number of rotatable bonds is 4. The first kappa shape index (κ1) is 15.9. The third kappa shape index (κ3) is 3.39. The van der Waals surface area contributed by atoms with Gasteiger partial charge in [0.2, 0.25) is 0 Å². The molecule has 0 aliphatic heterocycles. The van der Waals surface area contributed by atoms with Gasteiger partial charge >= 0.3 is 0 Å². The van der Waals surface area contributed by atoms with Crippen LogP contribution in [0, 0.1) is 17.5 Å². The number of hydrogen-bond acceptors (Lipinski definition) is 2. The van der Waals surface area contributed by atoms with E-state index in [-0.39, 0.29) is 17.9 Å². The van der Waals surface area contributed by atoms with Crippen LogP contribution in [0.2, 0.25) is 0 Å². The minimum atomic E-state index is -0.933. The van der Waals surface area contributed by atoms with Crippen molar-refractivity contribution in [3.8, 4) is 5.75 Å². The van der Waals surface area contributed by atoms with Crippen molar-refractivity contribution >= 4 is 5.91 Å². The monoisotopic (exact) mass is 309 g/mol. The van der Waals surface area contributed by atoms with Gasteiger partial charge in [-0.1, -0.05) is 6.07 Å². The molecule has 0 unspecified atom stereocenters. The van der Waals surface area contributed by atoms with E-state index in [9.17, 15) is 18.0 Å². The number of ether oxygens (including phenoxy) is 1. The van der Waals surface area contributed by atoms with E-state index in [0.717, 1.165) is 12.1 Å². The summed E-state index contributed by atoms with van der Waals surface area (Å²) in [6.07, 6.45) is 0. The Morgan fingerprint density at radius 2 is 1.82 bits per heavy atom. The standard InChI is InChI=1S/C16H14F3NO2/c1-20(9-10-3-6-15(22-2)14(19)7-10)16(21)12-5-4-11(17)8-13(12)18/h3-8H,9H2,1-2H3. The molecule has 6 heteroatoms. The molecule has 0 saturated heterocycles. The Morgan fingerprint density at radius 3 is 2.41 bits per heavy atom. The molecule has 0 fully saturated rings. The van der Waals surface area contributed by atoms with Crippen molar-refractivity contribution in [2.24, 2.45) is 0 Å². The quantitative estimate of drug-likeness (QED) is 0.866. The zero-order valence-corrected chi connectivity index (χ0v) is 12.1. The summed E-state index contributed by atoms with van der Waals surface area (Å²) >= 11 is 0. The highest BCUT2D eigenvalue weighted by Crippen LogP contribution is 2.19. The van der Waals surface area contributed by atoms with Crippen molar-refractivity contribution in [2.75, 3.05) is 14.2 Å². The molecule has 0 radical (unpaired) electrons. The van der Waals surface area contributed by atoms with Crippen molar-refractivity contribution in [1.29, 1.82) is 0 Å². The molecule has 0 aliphatic carbocycles. The molecule has 22 heavy (non-hydrogen) atoms. The van der Waals surface area contributed by atoms with Crippen LogP contribution >= 0.6 is 0 Å². The molecule has 2 aromatic carbocycles. The molecule has 0 atom stereocenters. The number of amides is 1. The van der Waals surface area contributed by atoms with Gasteiger partial charge in [0.1, 0.15) is 11.6 Å². The SMILES string of the molecule is COc1ccc(CN(C)C(=O)c2ccc(F)cc2F)cc1F. The summed E-state index contributed by atoms with van der Waals surface area (Å²) in [7, 11) is 2.80. The van der Waals surface area contributed by atoms with E-state index in [1.165, 1.54) is 31.2 Å². The predicted molar refractivity (Wildman–Crippen MR) is 75.1 cm³/mol. The summed E-state index contributed by atoms with van der Waals surface area (Å²) < 4.78 is 44.9. The molecule has 2 rings (SSSR count). The molecule has 0 heterocycles. The van der Waals surface area contributed by atoms with Crippen LogP contribution in [0.1, 0.15) is 15.9 Å². The fraction of sp³-hybridized carbons (Fsp3) is 0.188. The van der Waals surface area contributed by atoms with Crippen molar-refractivity contribution in [3.05, 3.63) is 65.0 Å². The Bertz CT molecular complexity index is 704. The third-order valence-electron chi connectivity index (χ3n) is 3.14. The Balaban J connectivity index is 2.16. The van der Waals surface area contributed by atoms with Crippen LogP contribution in [0.15, 0.2) is 36.4 Å². The molecule has 116 valence electrons. The molecular formula is C16H14F3NO2. The van der Waals surface area contributed by atoms with Crippen LogP contribution in [0.3, 0.4) is 0 Å². The maximum absolute atomic E-state index is 13.6. The topological polar surface area (TPSA) is 29.5 Å². The maximum Gasteiger partial charge on any atom is 0.256 e. The second-order valence-corrected chi connectivity index (χ2v) is 4.75. The fourth-order valence-corrected chi connectivity index (χ4v) is 2.02. The second-order valence-electron chi connectivity index (χ2n) is 4.75. The number of methoxy groups -OCH3 is 1. The highest BCUT2D eigenvalue weighted by atomic mass is 19.1. The predicted octanol–water partition coefficient (Wildman–Crippen LogP) is 3.38. The Kier molecular flexibility index (Phi) is 4.70. The Labute approximate surface area is 125 Å². The van der Waals surface area contributed by atoms with Crippen molar-refractivity contribution in [2.45, 2.75) is 6.54 Å². The molecule has 1 amide bonds. The van der Waals surface area contributed by atoms with Gasteiger partial charge in [-0.25, -0.2) is 13.2 Å². The first-order valence-electron chi connectivity index (χ1n) is 6.45. The highest BCUT2D eigenvalue weighted by Gasteiger charge is 2.17. The minimum absolute atomic E-state index is 0.0799. The van der Waals surface area contributed by atoms with Gasteiger partial charge in [-0.2, -0.15) is 0 Å². The summed E-state index contributed by atoms with van der Waals surface area (Å²) in [5, 5.41) is 0. The van der Waals surface area contributed by atoms with Gasteiger partial charge in [-0.3, -0.25) is 4.79 Å². The summed E-state index contributed by atoms with van der Waals surface area (Å²) in [5.41, 5.74) is 0.287. The molecule has 0 bridgehead atoms. The van der Waals surface area contributed by atoms with Gasteiger partial charge in [0.05, 0.1) is 12.7 Å². The van der Waals surface area contributed by atoms with Gasteiger partial charge < -0.3 is 9.64 Å². The lowest BCUT2D eigenvalue weighted by Crippen LogP contribution is -2.27. The van der Waals surface area contributed by atoms with Crippen molar-refractivity contribution in [1.82, 2.24) is 4.90 Å². The van der Waals surface area contributed by atoms with Crippen molar-refractivity contribution < 1.29 is 22.7 Å². The number of carbonyl (C=O) groups excluding carboxylic acids is 1. The summed E-state index contributed by atoms with van der Waals surface area (Å²) in [5.74, 6) is -2.75. The molecule has 0 aromatic heterocycles. The van der Waals surface area contributed by atoms with Crippen LogP contribution in [-0.4, -0.2) is 25.0 Å². The van der Waals surface area contributed by atoms with E-state index >= 15 is 0 Å². The summed E-state index contributed by atoms with van der Waals surface area (Å²) in [4.78, 5) is 13.4. The smallest absolute Gasteiger partial charge is 0.256 e. The van der Waals surface area contributed by atoms with Gasteiger partial charge in [0.15, 0.2) is 11.6 Å². The normalized spacial score (nSPS) is 10.4. The first-order valence-corrected chi connectivity index (χ1v) is 6.45. The van der Waals surface area contributed by atoms with Crippen LogP contribution in [0.5, 0.6) is 5.75 Å². The van der Waals surface area contributed by atoms with Gasteiger partial charge in [0.25, 0.3) is 5.91 Å². The lowest BCUT2D eigenvalue weighted by Gasteiger charge is -2.18. The molecule has 3 nitrogen and oxygen atoms in total. The Hall–Kier alpha value is -2.50. The fourth-order valence-electron chi connectivity index (χ4n) is 2.02. The van der Waals surface area contributed by atoms with Crippen LogP contribution in [0.25, 0.3) is 0 Å². The van der Waals surface area contributed by atoms with Gasteiger partial charge in [-0.05, 0) is 29.8 Å². The third-order valence-corrected chi connectivity index (χ3v) is 3.14. The van der Waals surface area contributed by atoms with Gasteiger partial charge in [-0.15, -0.1) is 0 Å². The average Bonchev–Trinajstić information content (AvgIpc) is 2.46. The number of carbonyl (C=O) groups is 1. The van der Waals surface area contributed by atoms with E-state index in [0.29, 0.717) is 11.6 Å². The number of nitrogens with zero attached hydrogens (tertiary/aromatic N) is 1. The van der Waals surface area contributed by atoms with E-state index in [1.807, 2.05) is 0 Å². The number of halogens is 3.